The Morgan fingerprint density at radius 3 is 2.79 bits per heavy atom. The minimum Gasteiger partial charge on any atom is -0.485 e. The van der Waals surface area contributed by atoms with E-state index in [0.717, 1.165) is 16.5 Å². The smallest absolute Gasteiger partial charge is 0.277 e. The van der Waals surface area contributed by atoms with Crippen LogP contribution >= 0.6 is 23.4 Å². The zero-order chi connectivity index (χ0) is 18.9. The Bertz CT molecular complexity index is 1150. The minimum atomic E-state index is -0.428. The van der Waals surface area contributed by atoms with E-state index in [4.69, 9.17) is 25.5 Å². The molecule has 0 bridgehead atoms. The number of nitrogens with zero attached hydrogens (tertiary/aromatic N) is 3. The first-order valence-electron chi connectivity index (χ1n) is 8.65. The van der Waals surface area contributed by atoms with E-state index in [0.29, 0.717) is 40.1 Å². The van der Waals surface area contributed by atoms with Gasteiger partial charge in [-0.05, 0) is 24.3 Å². The lowest BCUT2D eigenvalue weighted by Gasteiger charge is -2.23. The Balaban J connectivity index is 1.29. The van der Waals surface area contributed by atoms with Gasteiger partial charge in [-0.1, -0.05) is 53.7 Å². The topological polar surface area (TPSA) is 70.3 Å². The van der Waals surface area contributed by atoms with Crippen LogP contribution in [-0.2, 0) is 5.75 Å². The van der Waals surface area contributed by atoms with Gasteiger partial charge in [0.15, 0.2) is 11.5 Å². The van der Waals surface area contributed by atoms with E-state index in [2.05, 4.69) is 15.2 Å². The van der Waals surface area contributed by atoms with Crippen molar-refractivity contribution in [2.24, 2.45) is 0 Å². The Morgan fingerprint density at radius 1 is 1.04 bits per heavy atom. The third-order valence-electron chi connectivity index (χ3n) is 4.31. The van der Waals surface area contributed by atoms with Crippen molar-refractivity contribution < 1.29 is 13.9 Å². The summed E-state index contributed by atoms with van der Waals surface area (Å²) in [4.78, 5) is 4.44. The average Bonchev–Trinajstić information content (AvgIpc) is 3.21. The van der Waals surface area contributed by atoms with Gasteiger partial charge in [-0.3, -0.25) is 0 Å². The first kappa shape index (κ1) is 17.3. The van der Waals surface area contributed by atoms with E-state index in [9.17, 15) is 0 Å². The number of aromatic nitrogens is 3. The van der Waals surface area contributed by atoms with Gasteiger partial charge in [-0.25, -0.2) is 4.98 Å². The summed E-state index contributed by atoms with van der Waals surface area (Å²) in [5.74, 6) is 2.34. The summed E-state index contributed by atoms with van der Waals surface area (Å²) in [6.45, 7) is 0.323. The predicted molar refractivity (Wildman–Crippen MR) is 106 cm³/mol. The zero-order valence-electron chi connectivity index (χ0n) is 14.5. The van der Waals surface area contributed by atoms with E-state index >= 15 is 0 Å². The summed E-state index contributed by atoms with van der Waals surface area (Å²) < 4.78 is 17.4. The number of hydrogen-bond donors (Lipinski definition) is 0. The molecule has 2 aromatic heterocycles. The Morgan fingerprint density at radius 2 is 1.86 bits per heavy atom. The molecule has 4 aromatic rings. The quantitative estimate of drug-likeness (QED) is 0.342. The second-order valence-corrected chi connectivity index (χ2v) is 7.47. The average molecular weight is 412 g/mol. The van der Waals surface area contributed by atoms with Gasteiger partial charge in [0.25, 0.3) is 11.1 Å². The summed E-state index contributed by atoms with van der Waals surface area (Å²) in [6.07, 6.45) is -0.428. The van der Waals surface area contributed by atoms with Gasteiger partial charge in [-0.2, -0.15) is 0 Å². The standard InChI is InChI=1S/C20H14ClN3O3S/c21-18-13(9-12-5-1-2-6-14(12)22-18)11-28-20-24-23-19(27-20)17-10-25-15-7-3-4-8-16(15)26-17/h1-9,17H,10-11H2. The lowest BCUT2D eigenvalue weighted by atomic mass is 10.2. The zero-order valence-corrected chi connectivity index (χ0v) is 16.1. The van der Waals surface area contributed by atoms with E-state index in [1.54, 1.807) is 0 Å². The second kappa shape index (κ2) is 7.33. The van der Waals surface area contributed by atoms with Crippen molar-refractivity contribution >= 4 is 34.3 Å². The van der Waals surface area contributed by atoms with Crippen LogP contribution in [0, 0.1) is 0 Å². The molecule has 0 spiro atoms. The summed E-state index contributed by atoms with van der Waals surface area (Å²) in [5, 5.41) is 10.2. The van der Waals surface area contributed by atoms with Crippen molar-refractivity contribution in [1.82, 2.24) is 15.2 Å². The third kappa shape index (κ3) is 3.39. The van der Waals surface area contributed by atoms with Gasteiger partial charge < -0.3 is 13.9 Å². The monoisotopic (exact) mass is 411 g/mol. The fourth-order valence-electron chi connectivity index (χ4n) is 2.93. The van der Waals surface area contributed by atoms with Gasteiger partial charge in [0.2, 0.25) is 6.10 Å². The van der Waals surface area contributed by atoms with Crippen molar-refractivity contribution in [3.63, 3.8) is 0 Å². The molecule has 1 unspecified atom stereocenters. The molecule has 28 heavy (non-hydrogen) atoms. The number of ether oxygens (including phenoxy) is 2. The highest BCUT2D eigenvalue weighted by Crippen LogP contribution is 2.36. The molecule has 0 N–H and O–H groups in total. The highest BCUT2D eigenvalue weighted by Gasteiger charge is 2.27. The molecular weight excluding hydrogens is 398 g/mol. The molecule has 1 aliphatic heterocycles. The van der Waals surface area contributed by atoms with Crippen LogP contribution in [0.3, 0.4) is 0 Å². The van der Waals surface area contributed by atoms with Crippen molar-refractivity contribution in [3.05, 3.63) is 71.2 Å². The molecule has 2 aromatic carbocycles. The van der Waals surface area contributed by atoms with Gasteiger partial charge in [0.05, 0.1) is 5.52 Å². The number of thioether (sulfide) groups is 1. The SMILES string of the molecule is Clc1nc2ccccc2cc1CSc1nnc(C2COc3ccccc3O2)o1. The van der Waals surface area contributed by atoms with Crippen molar-refractivity contribution in [3.8, 4) is 11.5 Å². The summed E-state index contributed by atoms with van der Waals surface area (Å²) in [5.41, 5.74) is 1.78. The van der Waals surface area contributed by atoms with Crippen LogP contribution in [0.15, 0.2) is 64.2 Å². The number of benzene rings is 2. The van der Waals surface area contributed by atoms with Crippen LogP contribution in [0.2, 0.25) is 5.15 Å². The molecule has 0 fully saturated rings. The molecule has 0 amide bonds. The third-order valence-corrected chi connectivity index (χ3v) is 5.50. The normalized spacial score (nSPS) is 15.7. The van der Waals surface area contributed by atoms with Gasteiger partial charge in [-0.15, -0.1) is 10.2 Å². The molecule has 1 atom stereocenters. The molecule has 0 saturated carbocycles. The summed E-state index contributed by atoms with van der Waals surface area (Å²) in [6, 6.07) is 17.4. The lowest BCUT2D eigenvalue weighted by Crippen LogP contribution is -2.21. The first-order chi connectivity index (χ1) is 13.8. The molecule has 3 heterocycles. The van der Waals surface area contributed by atoms with Crippen LogP contribution in [0.25, 0.3) is 10.9 Å². The van der Waals surface area contributed by atoms with Gasteiger partial charge >= 0.3 is 0 Å². The molecule has 0 aliphatic carbocycles. The Hall–Kier alpha value is -2.77. The molecular formula is C20H14ClN3O3S. The summed E-state index contributed by atoms with van der Waals surface area (Å²) >= 11 is 7.72. The van der Waals surface area contributed by atoms with E-state index < -0.39 is 6.10 Å². The van der Waals surface area contributed by atoms with E-state index in [-0.39, 0.29) is 0 Å². The highest BCUT2D eigenvalue weighted by molar-refractivity contribution is 7.98. The maximum Gasteiger partial charge on any atom is 0.277 e. The number of halogens is 1. The number of rotatable bonds is 4. The van der Waals surface area contributed by atoms with Crippen LogP contribution in [0.5, 0.6) is 11.5 Å². The Labute approximate surface area is 169 Å². The van der Waals surface area contributed by atoms with Crippen LogP contribution in [-0.4, -0.2) is 21.8 Å². The van der Waals surface area contributed by atoms with Gasteiger partial charge in [0.1, 0.15) is 11.8 Å². The van der Waals surface area contributed by atoms with Crippen LogP contribution in [0.1, 0.15) is 17.6 Å². The highest BCUT2D eigenvalue weighted by atomic mass is 35.5. The maximum atomic E-state index is 6.32. The number of para-hydroxylation sites is 3. The fourth-order valence-corrected chi connectivity index (χ4v) is 3.96. The molecule has 1 aliphatic rings. The first-order valence-corrected chi connectivity index (χ1v) is 10.0. The molecule has 8 heteroatoms. The maximum absolute atomic E-state index is 6.32. The van der Waals surface area contributed by atoms with E-state index in [1.807, 2.05) is 54.6 Å². The molecule has 140 valence electrons. The van der Waals surface area contributed by atoms with Crippen LogP contribution < -0.4 is 9.47 Å². The van der Waals surface area contributed by atoms with Crippen LogP contribution in [0.4, 0.5) is 0 Å². The predicted octanol–water partition coefficient (Wildman–Crippen LogP) is 5.08. The molecule has 0 radical (unpaired) electrons. The second-order valence-electron chi connectivity index (χ2n) is 6.19. The fraction of sp³-hybridized carbons (Fsp3) is 0.150. The lowest BCUT2D eigenvalue weighted by molar-refractivity contribution is 0.0686. The summed E-state index contributed by atoms with van der Waals surface area (Å²) in [7, 11) is 0. The molecule has 5 rings (SSSR count). The largest absolute Gasteiger partial charge is 0.485 e. The van der Waals surface area contributed by atoms with Crippen molar-refractivity contribution in [1.29, 1.82) is 0 Å². The molecule has 6 nitrogen and oxygen atoms in total. The molecule has 0 saturated heterocycles. The Kier molecular flexibility index (Phi) is 4.54. The van der Waals surface area contributed by atoms with Gasteiger partial charge in [0, 0.05) is 16.7 Å². The minimum absolute atomic E-state index is 0.323. The van der Waals surface area contributed by atoms with Crippen molar-refractivity contribution in [2.45, 2.75) is 17.1 Å². The number of hydrogen-bond acceptors (Lipinski definition) is 7. The number of pyridine rings is 1. The van der Waals surface area contributed by atoms with Crippen molar-refractivity contribution in [2.75, 3.05) is 6.61 Å². The van der Waals surface area contributed by atoms with E-state index in [1.165, 1.54) is 11.8 Å². The number of fused-ring (bicyclic) bond motifs is 2.